The predicted octanol–water partition coefficient (Wildman–Crippen LogP) is 3.04. The third kappa shape index (κ3) is 4.12. The van der Waals surface area contributed by atoms with Crippen molar-refractivity contribution in [2.45, 2.75) is 52.9 Å². The molecule has 2 amide bonds. The number of aryl methyl sites for hydroxylation is 1. The lowest BCUT2D eigenvalue weighted by molar-refractivity contribution is -0.144. The number of carbonyl (C=O) groups excluding carboxylic acids is 2. The second-order valence-electron chi connectivity index (χ2n) is 8.04. The van der Waals surface area contributed by atoms with Crippen LogP contribution < -0.4 is 10.2 Å². The molecule has 0 unspecified atom stereocenters. The van der Waals surface area contributed by atoms with Crippen LogP contribution >= 0.6 is 0 Å². The Balaban J connectivity index is 1.55. The van der Waals surface area contributed by atoms with Crippen LogP contribution in [0.5, 0.6) is 0 Å². The zero-order valence-corrected chi connectivity index (χ0v) is 17.0. The Morgan fingerprint density at radius 1 is 1.07 bits per heavy atom. The van der Waals surface area contributed by atoms with E-state index >= 15 is 0 Å². The average molecular weight is 372 g/mol. The van der Waals surface area contributed by atoms with Crippen molar-refractivity contribution < 1.29 is 9.59 Å². The molecule has 1 saturated carbocycles. The summed E-state index contributed by atoms with van der Waals surface area (Å²) in [5.74, 6) is -0.0170. The van der Waals surface area contributed by atoms with Gasteiger partial charge in [-0.1, -0.05) is 31.9 Å². The highest BCUT2D eigenvalue weighted by atomic mass is 16.2. The van der Waals surface area contributed by atoms with Gasteiger partial charge in [-0.25, -0.2) is 0 Å². The third-order valence-corrected chi connectivity index (χ3v) is 6.14. The van der Waals surface area contributed by atoms with Crippen molar-refractivity contribution in [3.63, 3.8) is 0 Å². The molecule has 148 valence electrons. The average Bonchev–Trinajstić information content (AvgIpc) is 3.49. The van der Waals surface area contributed by atoms with Crippen LogP contribution in [0.1, 0.15) is 50.2 Å². The molecular weight excluding hydrogens is 338 g/mol. The van der Waals surface area contributed by atoms with Gasteiger partial charge in [-0.3, -0.25) is 9.59 Å². The number of piperazine rings is 1. The number of nitrogens with zero attached hydrogens (tertiary/aromatic N) is 2. The Bertz CT molecular complexity index is 689. The minimum absolute atomic E-state index is 0.0381. The van der Waals surface area contributed by atoms with Gasteiger partial charge in [0, 0.05) is 38.4 Å². The van der Waals surface area contributed by atoms with E-state index in [0.29, 0.717) is 32.5 Å². The fourth-order valence-electron chi connectivity index (χ4n) is 3.94. The number of anilines is 1. The van der Waals surface area contributed by atoms with Gasteiger partial charge in [0.1, 0.15) is 5.41 Å². The summed E-state index contributed by atoms with van der Waals surface area (Å²) < 4.78 is 0. The number of benzene rings is 1. The Hall–Kier alpha value is -2.04. The SMILES string of the molecule is CCCCCNC(=O)C1(C(=O)N2CCN(c3cccc(C)c3C)CC2)CC1. The van der Waals surface area contributed by atoms with Gasteiger partial charge in [0.2, 0.25) is 11.8 Å². The van der Waals surface area contributed by atoms with Crippen molar-refractivity contribution in [3.05, 3.63) is 29.3 Å². The van der Waals surface area contributed by atoms with Crippen LogP contribution in [0.3, 0.4) is 0 Å². The maximum Gasteiger partial charge on any atom is 0.238 e. The quantitative estimate of drug-likeness (QED) is 0.592. The topological polar surface area (TPSA) is 52.7 Å². The molecule has 5 heteroatoms. The van der Waals surface area contributed by atoms with Gasteiger partial charge in [-0.15, -0.1) is 0 Å². The maximum absolute atomic E-state index is 13.0. The highest BCUT2D eigenvalue weighted by molar-refractivity contribution is 6.07. The van der Waals surface area contributed by atoms with Gasteiger partial charge in [0.05, 0.1) is 0 Å². The Labute approximate surface area is 163 Å². The second-order valence-corrected chi connectivity index (χ2v) is 8.04. The summed E-state index contributed by atoms with van der Waals surface area (Å²) in [7, 11) is 0. The van der Waals surface area contributed by atoms with Crippen LogP contribution in [0.2, 0.25) is 0 Å². The van der Waals surface area contributed by atoms with E-state index in [2.05, 4.69) is 49.2 Å². The molecule has 0 atom stereocenters. The van der Waals surface area contributed by atoms with Gasteiger partial charge in [-0.2, -0.15) is 0 Å². The molecule has 27 heavy (non-hydrogen) atoms. The smallest absolute Gasteiger partial charge is 0.238 e. The number of hydrogen-bond acceptors (Lipinski definition) is 3. The molecule has 2 aliphatic rings. The lowest BCUT2D eigenvalue weighted by atomic mass is 10.0. The summed E-state index contributed by atoms with van der Waals surface area (Å²) in [5.41, 5.74) is 3.09. The molecule has 5 nitrogen and oxygen atoms in total. The number of nitrogens with one attached hydrogen (secondary N) is 1. The van der Waals surface area contributed by atoms with Gasteiger partial charge in [0.15, 0.2) is 0 Å². The minimum Gasteiger partial charge on any atom is -0.368 e. The predicted molar refractivity (Wildman–Crippen MR) is 109 cm³/mol. The van der Waals surface area contributed by atoms with Gasteiger partial charge in [0.25, 0.3) is 0 Å². The molecule has 0 radical (unpaired) electrons. The second kappa shape index (κ2) is 8.32. The Kier molecular flexibility index (Phi) is 6.08. The molecule has 0 aromatic heterocycles. The molecule has 1 N–H and O–H groups in total. The van der Waals surface area contributed by atoms with Crippen molar-refractivity contribution in [1.82, 2.24) is 10.2 Å². The van der Waals surface area contributed by atoms with E-state index in [-0.39, 0.29) is 11.8 Å². The maximum atomic E-state index is 13.0. The van der Waals surface area contributed by atoms with Gasteiger partial charge in [-0.05, 0) is 50.3 Å². The fraction of sp³-hybridized carbons (Fsp3) is 0.636. The van der Waals surface area contributed by atoms with Crippen molar-refractivity contribution >= 4 is 17.5 Å². The highest BCUT2D eigenvalue weighted by Gasteiger charge is 2.58. The fourth-order valence-corrected chi connectivity index (χ4v) is 3.94. The van der Waals surface area contributed by atoms with Crippen LogP contribution in [0.4, 0.5) is 5.69 Å². The van der Waals surface area contributed by atoms with Crippen LogP contribution in [-0.2, 0) is 9.59 Å². The summed E-state index contributed by atoms with van der Waals surface area (Å²) in [6, 6.07) is 6.39. The third-order valence-electron chi connectivity index (χ3n) is 6.14. The number of unbranched alkanes of at least 4 members (excludes halogenated alkanes) is 2. The molecule has 0 bridgehead atoms. The van der Waals surface area contributed by atoms with Crippen LogP contribution in [-0.4, -0.2) is 49.4 Å². The zero-order valence-electron chi connectivity index (χ0n) is 17.0. The molecule has 1 saturated heterocycles. The zero-order chi connectivity index (χ0) is 19.4. The highest BCUT2D eigenvalue weighted by Crippen LogP contribution is 2.47. The molecule has 1 aliphatic heterocycles. The molecule has 2 fully saturated rings. The largest absolute Gasteiger partial charge is 0.368 e. The van der Waals surface area contributed by atoms with E-state index in [1.807, 2.05) is 4.90 Å². The summed E-state index contributed by atoms with van der Waals surface area (Å²) in [4.78, 5) is 29.9. The van der Waals surface area contributed by atoms with E-state index in [0.717, 1.165) is 32.4 Å². The lowest BCUT2D eigenvalue weighted by Crippen LogP contribution is -2.53. The van der Waals surface area contributed by atoms with Gasteiger partial charge < -0.3 is 15.1 Å². The van der Waals surface area contributed by atoms with Crippen molar-refractivity contribution in [1.29, 1.82) is 0 Å². The molecule has 1 heterocycles. The standard InChI is InChI=1S/C22H33N3O2/c1-4-5-6-12-23-20(26)22(10-11-22)21(27)25-15-13-24(14-16-25)19-9-7-8-17(2)18(19)3/h7-9H,4-6,10-16H2,1-3H3,(H,23,26). The monoisotopic (exact) mass is 371 g/mol. The van der Waals surface area contributed by atoms with Crippen LogP contribution in [0.25, 0.3) is 0 Å². The van der Waals surface area contributed by atoms with Crippen molar-refractivity contribution in [3.8, 4) is 0 Å². The molecule has 1 aromatic carbocycles. The summed E-state index contributed by atoms with van der Waals surface area (Å²) in [5, 5.41) is 2.99. The summed E-state index contributed by atoms with van der Waals surface area (Å²) >= 11 is 0. The summed E-state index contributed by atoms with van der Waals surface area (Å²) in [6.45, 7) is 10.1. The summed E-state index contributed by atoms with van der Waals surface area (Å²) in [6.07, 6.45) is 4.62. The van der Waals surface area contributed by atoms with Gasteiger partial charge >= 0.3 is 0 Å². The van der Waals surface area contributed by atoms with E-state index in [4.69, 9.17) is 0 Å². The Morgan fingerprint density at radius 2 is 1.78 bits per heavy atom. The van der Waals surface area contributed by atoms with Crippen LogP contribution in [0, 0.1) is 19.3 Å². The first kappa shape index (κ1) is 19.7. The first-order chi connectivity index (χ1) is 13.0. The molecule has 1 aliphatic carbocycles. The van der Waals surface area contributed by atoms with E-state index < -0.39 is 5.41 Å². The van der Waals surface area contributed by atoms with E-state index in [1.165, 1.54) is 16.8 Å². The number of amides is 2. The molecular formula is C22H33N3O2. The molecule has 3 rings (SSSR count). The van der Waals surface area contributed by atoms with Crippen LogP contribution in [0.15, 0.2) is 18.2 Å². The van der Waals surface area contributed by atoms with Crippen molar-refractivity contribution in [2.24, 2.45) is 5.41 Å². The molecule has 0 spiro atoms. The number of hydrogen-bond donors (Lipinski definition) is 1. The normalized spacial score (nSPS) is 18.3. The van der Waals surface area contributed by atoms with Crippen molar-refractivity contribution in [2.75, 3.05) is 37.6 Å². The number of rotatable bonds is 7. The van der Waals surface area contributed by atoms with E-state index in [9.17, 15) is 9.59 Å². The lowest BCUT2D eigenvalue weighted by Gasteiger charge is -2.38. The number of carbonyl (C=O) groups is 2. The molecule has 1 aromatic rings. The minimum atomic E-state index is -0.770. The first-order valence-corrected chi connectivity index (χ1v) is 10.4. The Morgan fingerprint density at radius 3 is 2.41 bits per heavy atom. The van der Waals surface area contributed by atoms with E-state index in [1.54, 1.807) is 0 Å². The first-order valence-electron chi connectivity index (χ1n) is 10.4.